The highest BCUT2D eigenvalue weighted by Crippen LogP contribution is 2.37. The zero-order chi connectivity index (χ0) is 30.0. The SMILES string of the molecule is C[C@@H]1c2c(F)cccc2CN1C(=O)c1ccc2nc(-c3ccc(OCc4ccccc4)nc3OCc3ccccc3)oc2c1. The van der Waals surface area contributed by atoms with E-state index in [1.807, 2.05) is 79.7 Å². The van der Waals surface area contributed by atoms with Crippen LogP contribution in [0, 0.1) is 5.82 Å². The van der Waals surface area contributed by atoms with E-state index in [0.717, 1.165) is 16.7 Å². The molecule has 0 aliphatic carbocycles. The van der Waals surface area contributed by atoms with Crippen LogP contribution in [0.1, 0.15) is 45.6 Å². The molecule has 0 bridgehead atoms. The summed E-state index contributed by atoms with van der Waals surface area (Å²) in [6, 6.07) is 32.9. The summed E-state index contributed by atoms with van der Waals surface area (Å²) < 4.78 is 32.8. The van der Waals surface area contributed by atoms with E-state index in [-0.39, 0.29) is 17.8 Å². The molecule has 0 saturated heterocycles. The minimum atomic E-state index is -0.377. The Balaban J connectivity index is 1.17. The second-order valence-corrected chi connectivity index (χ2v) is 10.7. The van der Waals surface area contributed by atoms with Crippen molar-refractivity contribution < 1.29 is 23.1 Å². The Morgan fingerprint density at radius 3 is 2.32 bits per heavy atom. The van der Waals surface area contributed by atoms with Gasteiger partial charge >= 0.3 is 0 Å². The number of fused-ring (bicyclic) bond motifs is 2. The lowest BCUT2D eigenvalue weighted by Gasteiger charge is -2.22. The summed E-state index contributed by atoms with van der Waals surface area (Å²) in [6.45, 7) is 2.84. The van der Waals surface area contributed by atoms with Gasteiger partial charge in [-0.2, -0.15) is 4.98 Å². The van der Waals surface area contributed by atoms with Gasteiger partial charge in [0.2, 0.25) is 17.7 Å². The maximum Gasteiger partial charge on any atom is 0.254 e. The van der Waals surface area contributed by atoms with E-state index in [4.69, 9.17) is 13.9 Å². The molecule has 2 aromatic heterocycles. The number of halogens is 1. The van der Waals surface area contributed by atoms with Crippen molar-refractivity contribution in [2.45, 2.75) is 32.7 Å². The Labute approximate surface area is 253 Å². The third-order valence-electron chi connectivity index (χ3n) is 7.78. The lowest BCUT2D eigenvalue weighted by Crippen LogP contribution is -2.28. The van der Waals surface area contributed by atoms with E-state index in [0.29, 0.717) is 65.2 Å². The Morgan fingerprint density at radius 1 is 0.864 bits per heavy atom. The molecule has 218 valence electrons. The van der Waals surface area contributed by atoms with Gasteiger partial charge in [-0.1, -0.05) is 72.8 Å². The summed E-state index contributed by atoms with van der Waals surface area (Å²) >= 11 is 0. The number of benzene rings is 4. The van der Waals surface area contributed by atoms with Crippen LogP contribution in [0.25, 0.3) is 22.6 Å². The van der Waals surface area contributed by atoms with Gasteiger partial charge in [-0.05, 0) is 53.9 Å². The second kappa shape index (κ2) is 11.6. The summed E-state index contributed by atoms with van der Waals surface area (Å²) in [4.78, 5) is 24.5. The molecule has 7 rings (SSSR count). The van der Waals surface area contributed by atoms with Crippen LogP contribution in [0.2, 0.25) is 0 Å². The van der Waals surface area contributed by atoms with Gasteiger partial charge < -0.3 is 18.8 Å². The third-order valence-corrected chi connectivity index (χ3v) is 7.78. The van der Waals surface area contributed by atoms with Crippen molar-refractivity contribution in [2.75, 3.05) is 0 Å². The number of pyridine rings is 1. The number of carbonyl (C=O) groups is 1. The third kappa shape index (κ3) is 5.38. The first-order valence-electron chi connectivity index (χ1n) is 14.4. The molecule has 0 saturated carbocycles. The highest BCUT2D eigenvalue weighted by atomic mass is 19.1. The van der Waals surface area contributed by atoms with Crippen LogP contribution in [0.4, 0.5) is 4.39 Å². The molecule has 0 radical (unpaired) electrons. The smallest absolute Gasteiger partial charge is 0.254 e. The fourth-order valence-corrected chi connectivity index (χ4v) is 5.48. The number of hydrogen-bond donors (Lipinski definition) is 0. The van der Waals surface area contributed by atoms with Crippen LogP contribution in [-0.4, -0.2) is 20.8 Å². The molecule has 3 heterocycles. The predicted molar refractivity (Wildman–Crippen MR) is 163 cm³/mol. The fraction of sp³-hybridized carbons (Fsp3) is 0.139. The highest BCUT2D eigenvalue weighted by molar-refractivity contribution is 5.98. The molecule has 4 aromatic carbocycles. The van der Waals surface area contributed by atoms with Crippen molar-refractivity contribution in [1.29, 1.82) is 0 Å². The first-order valence-corrected chi connectivity index (χ1v) is 14.4. The maximum absolute atomic E-state index is 14.5. The molecule has 1 atom stereocenters. The van der Waals surface area contributed by atoms with Crippen LogP contribution in [-0.2, 0) is 19.8 Å². The first kappa shape index (κ1) is 27.3. The van der Waals surface area contributed by atoms with Crippen LogP contribution in [0.15, 0.2) is 114 Å². The second-order valence-electron chi connectivity index (χ2n) is 10.7. The van der Waals surface area contributed by atoms with Crippen LogP contribution in [0.3, 0.4) is 0 Å². The number of aromatic nitrogens is 2. The van der Waals surface area contributed by atoms with E-state index in [2.05, 4.69) is 9.97 Å². The van der Waals surface area contributed by atoms with Gasteiger partial charge in [-0.3, -0.25) is 4.79 Å². The van der Waals surface area contributed by atoms with Crippen molar-refractivity contribution in [3.63, 3.8) is 0 Å². The number of nitrogens with zero attached hydrogens (tertiary/aromatic N) is 3. The lowest BCUT2D eigenvalue weighted by molar-refractivity contribution is 0.0703. The standard InChI is InChI=1S/C36H28FN3O4/c1-23-33-27(13-8-14-29(33)37)20-40(23)36(41)26-15-17-30-31(19-26)44-35(38-30)28-16-18-32(42-21-24-9-4-2-5-10-24)39-34(28)43-22-25-11-6-3-7-12-25/h2-19,23H,20-22H2,1H3/t23-/m1/s1. The fourth-order valence-electron chi connectivity index (χ4n) is 5.48. The van der Waals surface area contributed by atoms with Crippen LogP contribution in [0.5, 0.6) is 11.8 Å². The molecule has 0 unspecified atom stereocenters. The number of hydrogen-bond acceptors (Lipinski definition) is 6. The van der Waals surface area contributed by atoms with Gasteiger partial charge in [0.1, 0.15) is 24.5 Å². The number of oxazole rings is 1. The molecule has 1 aliphatic rings. The lowest BCUT2D eigenvalue weighted by atomic mass is 10.1. The Kier molecular flexibility index (Phi) is 7.24. The van der Waals surface area contributed by atoms with Gasteiger partial charge in [0, 0.05) is 23.7 Å². The van der Waals surface area contributed by atoms with Crippen molar-refractivity contribution in [3.8, 4) is 23.2 Å². The van der Waals surface area contributed by atoms with E-state index in [1.54, 1.807) is 35.2 Å². The molecular formula is C36H28FN3O4. The Bertz CT molecular complexity index is 1960. The van der Waals surface area contributed by atoms with Crippen molar-refractivity contribution in [1.82, 2.24) is 14.9 Å². The van der Waals surface area contributed by atoms with Crippen molar-refractivity contribution in [2.24, 2.45) is 0 Å². The van der Waals surface area contributed by atoms with Gasteiger partial charge in [0.05, 0.1) is 11.6 Å². The number of ether oxygens (including phenoxy) is 2. The normalized spacial score (nSPS) is 14.0. The quantitative estimate of drug-likeness (QED) is 0.181. The summed E-state index contributed by atoms with van der Waals surface area (Å²) in [5, 5.41) is 0. The number of carbonyl (C=O) groups excluding carboxylic acids is 1. The van der Waals surface area contributed by atoms with Crippen LogP contribution >= 0.6 is 0 Å². The van der Waals surface area contributed by atoms with Crippen LogP contribution < -0.4 is 9.47 Å². The average Bonchev–Trinajstić information content (AvgIpc) is 3.64. The van der Waals surface area contributed by atoms with Crippen molar-refractivity contribution in [3.05, 3.63) is 143 Å². The average molecular weight is 586 g/mol. The van der Waals surface area contributed by atoms with Gasteiger partial charge in [-0.15, -0.1) is 0 Å². The van der Waals surface area contributed by atoms with E-state index in [1.165, 1.54) is 6.07 Å². The maximum atomic E-state index is 14.5. The Hall–Kier alpha value is -5.50. The van der Waals surface area contributed by atoms with E-state index >= 15 is 0 Å². The summed E-state index contributed by atoms with van der Waals surface area (Å²) in [5.74, 6) is 0.519. The number of rotatable bonds is 8. The van der Waals surface area contributed by atoms with Gasteiger partial charge in [0.25, 0.3) is 5.91 Å². The monoisotopic (exact) mass is 585 g/mol. The predicted octanol–water partition coefficient (Wildman–Crippen LogP) is 7.90. The molecule has 1 aliphatic heterocycles. The molecule has 1 amide bonds. The summed E-state index contributed by atoms with van der Waals surface area (Å²) in [5.41, 5.74) is 5.40. The zero-order valence-electron chi connectivity index (χ0n) is 23.9. The topological polar surface area (TPSA) is 77.7 Å². The minimum absolute atomic E-state index is 0.207. The van der Waals surface area contributed by atoms with Gasteiger partial charge in [-0.25, -0.2) is 9.37 Å². The van der Waals surface area contributed by atoms with Crippen molar-refractivity contribution >= 4 is 17.0 Å². The van der Waals surface area contributed by atoms with E-state index < -0.39 is 0 Å². The first-order chi connectivity index (χ1) is 21.5. The molecule has 8 heteroatoms. The Morgan fingerprint density at radius 2 is 1.59 bits per heavy atom. The highest BCUT2D eigenvalue weighted by Gasteiger charge is 2.33. The summed E-state index contributed by atoms with van der Waals surface area (Å²) in [7, 11) is 0. The molecule has 0 fully saturated rings. The molecular weight excluding hydrogens is 557 g/mol. The molecule has 7 nitrogen and oxygen atoms in total. The molecule has 0 spiro atoms. The molecule has 0 N–H and O–H groups in total. The molecule has 44 heavy (non-hydrogen) atoms. The summed E-state index contributed by atoms with van der Waals surface area (Å²) in [6.07, 6.45) is 0. The minimum Gasteiger partial charge on any atom is -0.473 e. The van der Waals surface area contributed by atoms with E-state index in [9.17, 15) is 9.18 Å². The largest absolute Gasteiger partial charge is 0.473 e. The number of amides is 1. The zero-order valence-corrected chi connectivity index (χ0v) is 23.9. The molecule has 6 aromatic rings. The van der Waals surface area contributed by atoms with Gasteiger partial charge in [0.15, 0.2) is 5.58 Å².